The summed E-state index contributed by atoms with van der Waals surface area (Å²) in [4.78, 5) is 31.2. The Labute approximate surface area is 190 Å². The first-order valence-electron chi connectivity index (χ1n) is 12.0. The summed E-state index contributed by atoms with van der Waals surface area (Å²) in [5.74, 6) is 0.217. The number of carbonyl (C=O) groups excluding carboxylic acids is 1. The average Bonchev–Trinajstić information content (AvgIpc) is 2.80. The summed E-state index contributed by atoms with van der Waals surface area (Å²) < 4.78 is 5.37. The molecule has 2 aliphatic heterocycles. The molecule has 0 bridgehead atoms. The van der Waals surface area contributed by atoms with Crippen LogP contribution in [0.5, 0.6) is 5.75 Å². The zero-order chi connectivity index (χ0) is 22.5. The number of carbonyl (C=O) groups is 2. The number of carboxylic acid groups (broad SMARTS) is 1. The summed E-state index contributed by atoms with van der Waals surface area (Å²) in [6.45, 7) is 1.94. The van der Waals surface area contributed by atoms with Crippen LogP contribution in [0, 0.1) is 11.8 Å². The second-order valence-electron chi connectivity index (χ2n) is 9.44. The minimum Gasteiger partial charge on any atom is -0.497 e. The fourth-order valence-electron chi connectivity index (χ4n) is 5.51. The number of likely N-dealkylation sites (tertiary alicyclic amines) is 1. The Bertz CT molecular complexity index is 863. The quantitative estimate of drug-likeness (QED) is 0.701. The number of hydrogen-bond acceptors (Lipinski definition) is 4. The van der Waals surface area contributed by atoms with E-state index in [4.69, 9.17) is 9.73 Å². The van der Waals surface area contributed by atoms with E-state index in [1.165, 1.54) is 24.8 Å². The molecule has 2 atom stereocenters. The molecule has 7 heteroatoms. The highest BCUT2D eigenvalue weighted by molar-refractivity contribution is 6.03. The second kappa shape index (κ2) is 10.4. The summed E-state index contributed by atoms with van der Waals surface area (Å²) in [5.41, 5.74) is 3.39. The number of methoxy groups -OCH3 is 1. The number of nitrogens with one attached hydrogen (secondary N) is 1. The maximum atomic E-state index is 13.0. The molecule has 1 saturated carbocycles. The zero-order valence-electron chi connectivity index (χ0n) is 19.0. The van der Waals surface area contributed by atoms with E-state index < -0.39 is 5.97 Å². The van der Waals surface area contributed by atoms with Crippen LogP contribution in [0.2, 0.25) is 0 Å². The van der Waals surface area contributed by atoms with Crippen molar-refractivity contribution in [2.75, 3.05) is 26.7 Å². The Morgan fingerprint density at radius 2 is 2.00 bits per heavy atom. The molecule has 2 fully saturated rings. The number of piperidine rings is 1. The number of nitrogens with zero attached hydrogens (tertiary/aromatic N) is 2. The van der Waals surface area contributed by atoms with Gasteiger partial charge in [0.1, 0.15) is 5.75 Å². The molecular weight excluding hydrogens is 406 g/mol. The molecule has 0 radical (unpaired) electrons. The molecule has 2 amide bonds. The van der Waals surface area contributed by atoms with E-state index in [2.05, 4.69) is 17.4 Å². The monoisotopic (exact) mass is 441 g/mol. The normalized spacial score (nSPS) is 23.8. The first-order chi connectivity index (χ1) is 15.5. The summed E-state index contributed by atoms with van der Waals surface area (Å²) in [7, 11) is 1.67. The third-order valence-electron chi connectivity index (χ3n) is 7.31. The van der Waals surface area contributed by atoms with E-state index in [0.717, 1.165) is 49.3 Å². The molecule has 32 heavy (non-hydrogen) atoms. The van der Waals surface area contributed by atoms with Gasteiger partial charge in [-0.1, -0.05) is 19.3 Å². The van der Waals surface area contributed by atoms with Gasteiger partial charge < -0.3 is 20.1 Å². The molecule has 0 aromatic heterocycles. The van der Waals surface area contributed by atoms with E-state index in [1.807, 2.05) is 11.0 Å². The first-order valence-corrected chi connectivity index (χ1v) is 12.0. The van der Waals surface area contributed by atoms with Gasteiger partial charge in [-0.3, -0.25) is 9.79 Å². The van der Waals surface area contributed by atoms with Crippen LogP contribution in [0.25, 0.3) is 0 Å². The van der Waals surface area contributed by atoms with E-state index >= 15 is 0 Å². The van der Waals surface area contributed by atoms with Crippen LogP contribution in [0.4, 0.5) is 4.79 Å². The molecular formula is C25H35N3O4. The fourth-order valence-corrected chi connectivity index (χ4v) is 5.51. The van der Waals surface area contributed by atoms with Crippen molar-refractivity contribution in [1.29, 1.82) is 0 Å². The number of aliphatic carboxylic acids is 1. The van der Waals surface area contributed by atoms with E-state index in [9.17, 15) is 14.7 Å². The summed E-state index contributed by atoms with van der Waals surface area (Å²) >= 11 is 0. The summed E-state index contributed by atoms with van der Waals surface area (Å²) in [6, 6.07) is 6.37. The number of hydrogen-bond donors (Lipinski definition) is 2. The zero-order valence-corrected chi connectivity index (χ0v) is 19.0. The summed E-state index contributed by atoms with van der Waals surface area (Å²) in [6.07, 6.45) is 8.17. The highest BCUT2D eigenvalue weighted by Crippen LogP contribution is 2.33. The maximum Gasteiger partial charge on any atom is 0.317 e. The van der Waals surface area contributed by atoms with Gasteiger partial charge in [-0.05, 0) is 73.3 Å². The van der Waals surface area contributed by atoms with Crippen molar-refractivity contribution in [2.45, 2.75) is 63.8 Å². The maximum absolute atomic E-state index is 13.0. The highest BCUT2D eigenvalue weighted by Gasteiger charge is 2.35. The van der Waals surface area contributed by atoms with Crippen molar-refractivity contribution in [3.05, 3.63) is 29.3 Å². The largest absolute Gasteiger partial charge is 0.497 e. The van der Waals surface area contributed by atoms with Crippen molar-refractivity contribution in [1.82, 2.24) is 10.2 Å². The van der Waals surface area contributed by atoms with E-state index in [0.29, 0.717) is 19.5 Å². The Morgan fingerprint density at radius 3 is 2.75 bits per heavy atom. The lowest BCUT2D eigenvalue weighted by molar-refractivity contribution is -0.138. The first kappa shape index (κ1) is 22.6. The number of fused-ring (bicyclic) bond motifs is 1. The predicted molar refractivity (Wildman–Crippen MR) is 124 cm³/mol. The van der Waals surface area contributed by atoms with Gasteiger partial charge in [-0.15, -0.1) is 0 Å². The van der Waals surface area contributed by atoms with Crippen LogP contribution >= 0.6 is 0 Å². The summed E-state index contributed by atoms with van der Waals surface area (Å²) in [5, 5.41) is 12.7. The number of urea groups is 1. The van der Waals surface area contributed by atoms with Crippen LogP contribution in [0.15, 0.2) is 23.2 Å². The Balaban J connectivity index is 1.47. The molecule has 1 aliphatic carbocycles. The van der Waals surface area contributed by atoms with Crippen molar-refractivity contribution in [3.8, 4) is 5.75 Å². The number of amides is 2. The van der Waals surface area contributed by atoms with Crippen LogP contribution in [0.3, 0.4) is 0 Å². The van der Waals surface area contributed by atoms with Crippen molar-refractivity contribution >= 4 is 17.7 Å². The lowest BCUT2D eigenvalue weighted by Crippen LogP contribution is -2.51. The van der Waals surface area contributed by atoms with Crippen molar-refractivity contribution in [3.63, 3.8) is 0 Å². The number of benzene rings is 1. The average molecular weight is 442 g/mol. The van der Waals surface area contributed by atoms with Gasteiger partial charge in [-0.2, -0.15) is 0 Å². The molecule has 2 N–H and O–H groups in total. The minimum atomic E-state index is -0.768. The molecule has 2 heterocycles. The van der Waals surface area contributed by atoms with Gasteiger partial charge >= 0.3 is 12.0 Å². The third kappa shape index (κ3) is 5.43. The molecule has 2 unspecified atom stereocenters. The van der Waals surface area contributed by atoms with Crippen LogP contribution in [-0.2, 0) is 11.2 Å². The van der Waals surface area contributed by atoms with Gasteiger partial charge in [0.25, 0.3) is 0 Å². The van der Waals surface area contributed by atoms with Crippen molar-refractivity contribution < 1.29 is 19.4 Å². The number of rotatable bonds is 6. The van der Waals surface area contributed by atoms with Gasteiger partial charge in [0.05, 0.1) is 7.11 Å². The molecule has 7 nitrogen and oxygen atoms in total. The number of ether oxygens (including phenoxy) is 1. The molecule has 1 aromatic rings. The lowest BCUT2D eigenvalue weighted by atomic mass is 9.78. The predicted octanol–water partition coefficient (Wildman–Crippen LogP) is 3.89. The Morgan fingerprint density at radius 1 is 1.19 bits per heavy atom. The molecule has 3 aliphatic rings. The Hall–Kier alpha value is -2.57. The molecule has 1 saturated heterocycles. The third-order valence-corrected chi connectivity index (χ3v) is 7.31. The number of carboxylic acids is 1. The minimum absolute atomic E-state index is 0.00592. The topological polar surface area (TPSA) is 91.2 Å². The van der Waals surface area contributed by atoms with Gasteiger partial charge in [0, 0.05) is 37.8 Å². The second-order valence-corrected chi connectivity index (χ2v) is 9.44. The molecule has 0 spiro atoms. The van der Waals surface area contributed by atoms with Gasteiger partial charge in [-0.25, -0.2) is 4.79 Å². The molecule has 174 valence electrons. The van der Waals surface area contributed by atoms with Crippen LogP contribution < -0.4 is 10.1 Å². The lowest BCUT2D eigenvalue weighted by Gasteiger charge is -2.39. The number of aliphatic imine (C=N–C) groups is 1. The van der Waals surface area contributed by atoms with Crippen LogP contribution in [0.1, 0.15) is 62.5 Å². The van der Waals surface area contributed by atoms with Gasteiger partial charge in [0.2, 0.25) is 0 Å². The fraction of sp³-hybridized carbons (Fsp3) is 0.640. The van der Waals surface area contributed by atoms with Crippen molar-refractivity contribution in [2.24, 2.45) is 16.8 Å². The van der Waals surface area contributed by atoms with E-state index in [-0.39, 0.29) is 30.3 Å². The smallest absolute Gasteiger partial charge is 0.317 e. The SMILES string of the molecule is COc1ccc2c(c1)CCN=C2CC1CN(C(=O)NC2CCCCC2)CCC1CC(=O)O. The highest BCUT2D eigenvalue weighted by atomic mass is 16.5. The standard InChI is InChI=1S/C25H35N3O4/c1-32-21-7-8-22-18(13-21)9-11-26-23(22)14-19-16-28(12-10-17(19)15-24(29)30)25(31)27-20-5-3-2-4-6-20/h7-8,13,17,19-20H,2-6,9-12,14-16H2,1H3,(H,27,31)(H,29,30). The Kier molecular flexibility index (Phi) is 7.33. The van der Waals surface area contributed by atoms with Crippen LogP contribution in [-0.4, -0.2) is 60.5 Å². The van der Waals surface area contributed by atoms with E-state index in [1.54, 1.807) is 7.11 Å². The molecule has 1 aromatic carbocycles. The molecule has 4 rings (SSSR count). The van der Waals surface area contributed by atoms with Gasteiger partial charge in [0.15, 0.2) is 0 Å².